The van der Waals surface area contributed by atoms with E-state index >= 15 is 0 Å². The van der Waals surface area contributed by atoms with E-state index in [0.29, 0.717) is 6.26 Å². The summed E-state index contributed by atoms with van der Waals surface area (Å²) < 4.78 is 33.3. The Morgan fingerprint density at radius 3 is 1.31 bits per heavy atom. The van der Waals surface area contributed by atoms with E-state index in [1.807, 2.05) is 0 Å². The Morgan fingerprint density at radius 2 is 1.19 bits per heavy atom. The third-order valence-corrected chi connectivity index (χ3v) is 7.87. The molecule has 0 bridgehead atoms. The zero-order chi connectivity index (χ0) is 12.0. The first-order valence-electron chi connectivity index (χ1n) is 5.10. The summed E-state index contributed by atoms with van der Waals surface area (Å²) in [6.45, 7) is 6.26. The van der Waals surface area contributed by atoms with Crippen molar-refractivity contribution in [2.45, 2.75) is 0 Å². The van der Waals surface area contributed by atoms with Gasteiger partial charge in [-0.3, -0.25) is 4.55 Å². The first kappa shape index (κ1) is 12.9. The highest BCUT2D eigenvalue weighted by Gasteiger charge is 2.50. The Balaban J connectivity index is 0.000000168. The zero-order valence-corrected chi connectivity index (χ0v) is 11.6. The van der Waals surface area contributed by atoms with Crippen LogP contribution < -0.4 is 0 Å². The summed E-state index contributed by atoms with van der Waals surface area (Å²) >= 11 is 5.75. The minimum atomic E-state index is -3.67. The predicted molar refractivity (Wildman–Crippen MR) is 66.5 cm³/mol. The molecule has 0 atom stereocenters. The average Bonchev–Trinajstić information content (AvgIpc) is 3.01. The number of hydrogen-bond acceptors (Lipinski definition) is 3. The Labute approximate surface area is 101 Å². The van der Waals surface area contributed by atoms with Gasteiger partial charge in [-0.15, -0.1) is 0 Å². The molecule has 0 aromatic rings. The smallest absolute Gasteiger partial charge is 0.261 e. The maximum atomic E-state index is 9.19. The van der Waals surface area contributed by atoms with Gasteiger partial charge in [-0.2, -0.15) is 8.42 Å². The van der Waals surface area contributed by atoms with Crippen LogP contribution in [0, 0.1) is 0 Å². The lowest BCUT2D eigenvalue weighted by atomic mass is 11.0. The van der Waals surface area contributed by atoms with Crippen LogP contribution in [0.15, 0.2) is 0 Å². The van der Waals surface area contributed by atoms with Gasteiger partial charge in [0, 0.05) is 39.3 Å². The second-order valence-corrected chi connectivity index (χ2v) is 9.77. The van der Waals surface area contributed by atoms with Crippen molar-refractivity contribution in [1.29, 1.82) is 0 Å². The molecule has 6 nitrogen and oxygen atoms in total. The molecule has 3 heterocycles. The minimum absolute atomic E-state index is 0.715. The van der Waals surface area contributed by atoms with Crippen LogP contribution in [-0.2, 0) is 21.9 Å². The molecular formula is C7H16N3O3PS2. The van der Waals surface area contributed by atoms with Crippen LogP contribution in [0.2, 0.25) is 0 Å². The highest BCUT2D eigenvalue weighted by atomic mass is 32.4. The van der Waals surface area contributed by atoms with Crippen LogP contribution in [-0.4, -0.2) is 72.5 Å². The van der Waals surface area contributed by atoms with Crippen molar-refractivity contribution in [3.8, 4) is 0 Å². The van der Waals surface area contributed by atoms with Gasteiger partial charge in [0.1, 0.15) is 6.49 Å². The summed E-state index contributed by atoms with van der Waals surface area (Å²) in [6, 6.07) is 0. The maximum Gasteiger partial charge on any atom is 0.261 e. The van der Waals surface area contributed by atoms with Crippen molar-refractivity contribution >= 4 is 28.4 Å². The summed E-state index contributed by atoms with van der Waals surface area (Å²) in [5.41, 5.74) is 0. The van der Waals surface area contributed by atoms with Crippen molar-refractivity contribution in [2.75, 3.05) is 45.5 Å². The predicted octanol–water partition coefficient (Wildman–Crippen LogP) is -0.338. The standard InChI is InChI=1S/C6H12N3PS.CH4O3S/c11-10(7-1-2-7,8-3-4-8)9-5-6-9;1-5(2,3)4/h1-6H2;1H3,(H,2,3,4). The summed E-state index contributed by atoms with van der Waals surface area (Å²) in [4.78, 5) is 0. The third kappa shape index (κ3) is 3.46. The molecule has 1 N–H and O–H groups in total. The number of rotatable bonds is 3. The topological polar surface area (TPSA) is 63.4 Å². The normalized spacial score (nSPS) is 25.9. The Morgan fingerprint density at radius 1 is 1.00 bits per heavy atom. The first-order chi connectivity index (χ1) is 7.32. The van der Waals surface area contributed by atoms with Gasteiger partial charge in [-0.1, -0.05) is 0 Å². The molecule has 0 unspecified atom stereocenters. The molecule has 16 heavy (non-hydrogen) atoms. The van der Waals surface area contributed by atoms with Crippen LogP contribution in [0.1, 0.15) is 0 Å². The van der Waals surface area contributed by atoms with E-state index < -0.39 is 16.6 Å². The Kier molecular flexibility index (Phi) is 3.44. The second-order valence-electron chi connectivity index (χ2n) is 4.11. The molecule has 0 saturated carbocycles. The molecule has 0 aromatic carbocycles. The molecule has 9 heteroatoms. The molecule has 3 saturated heterocycles. The molecule has 3 aliphatic rings. The van der Waals surface area contributed by atoms with Crippen LogP contribution in [0.3, 0.4) is 0 Å². The van der Waals surface area contributed by atoms with Crippen LogP contribution >= 0.6 is 6.49 Å². The largest absolute Gasteiger partial charge is 0.286 e. The van der Waals surface area contributed by atoms with Crippen molar-refractivity contribution < 1.29 is 13.0 Å². The fourth-order valence-electron chi connectivity index (χ4n) is 1.45. The van der Waals surface area contributed by atoms with Crippen LogP contribution in [0.25, 0.3) is 0 Å². The molecule has 3 aliphatic heterocycles. The summed E-state index contributed by atoms with van der Waals surface area (Å²) in [6.07, 6.45) is 0.715. The van der Waals surface area contributed by atoms with E-state index in [9.17, 15) is 8.42 Å². The second kappa shape index (κ2) is 4.28. The molecule has 0 spiro atoms. The summed E-state index contributed by atoms with van der Waals surface area (Å²) in [5.74, 6) is 0. The molecule has 0 amide bonds. The van der Waals surface area contributed by atoms with Crippen molar-refractivity contribution in [2.24, 2.45) is 0 Å². The van der Waals surface area contributed by atoms with Gasteiger partial charge in [0.2, 0.25) is 0 Å². The molecule has 0 aliphatic carbocycles. The number of hydrogen-bond donors (Lipinski definition) is 1. The molecule has 3 rings (SSSR count). The van der Waals surface area contributed by atoms with Gasteiger partial charge >= 0.3 is 0 Å². The van der Waals surface area contributed by atoms with Crippen molar-refractivity contribution in [3.05, 3.63) is 0 Å². The highest BCUT2D eigenvalue weighted by molar-refractivity contribution is 8.11. The highest BCUT2D eigenvalue weighted by Crippen LogP contribution is 2.65. The van der Waals surface area contributed by atoms with Gasteiger partial charge in [0.25, 0.3) is 10.1 Å². The van der Waals surface area contributed by atoms with Crippen molar-refractivity contribution in [3.63, 3.8) is 0 Å². The van der Waals surface area contributed by atoms with Gasteiger partial charge in [0.15, 0.2) is 0 Å². The zero-order valence-electron chi connectivity index (χ0n) is 9.11. The van der Waals surface area contributed by atoms with E-state index in [-0.39, 0.29) is 0 Å². The molecule has 94 valence electrons. The van der Waals surface area contributed by atoms with Crippen molar-refractivity contribution in [1.82, 2.24) is 14.0 Å². The van der Waals surface area contributed by atoms with E-state index in [1.165, 1.54) is 39.3 Å². The SMILES string of the molecule is CS(=O)(=O)O.S=P(N1CC1)(N1CC1)N1CC1. The Hall–Kier alpha value is 0.440. The van der Waals surface area contributed by atoms with Gasteiger partial charge in [-0.25, -0.2) is 14.0 Å². The molecule has 0 aromatic heterocycles. The van der Waals surface area contributed by atoms with E-state index in [4.69, 9.17) is 16.4 Å². The fraction of sp³-hybridized carbons (Fsp3) is 1.00. The van der Waals surface area contributed by atoms with Gasteiger partial charge < -0.3 is 0 Å². The fourth-order valence-corrected chi connectivity index (χ4v) is 5.83. The summed E-state index contributed by atoms with van der Waals surface area (Å²) in [5, 5.41) is 0. The summed E-state index contributed by atoms with van der Waals surface area (Å²) in [7, 11) is -3.67. The molecular weight excluding hydrogens is 269 g/mol. The number of nitrogens with zero attached hydrogens (tertiary/aromatic N) is 3. The monoisotopic (exact) mass is 285 g/mol. The quantitative estimate of drug-likeness (QED) is 0.432. The van der Waals surface area contributed by atoms with E-state index in [2.05, 4.69) is 14.0 Å². The lowest BCUT2D eigenvalue weighted by Gasteiger charge is -2.25. The maximum absolute atomic E-state index is 9.19. The van der Waals surface area contributed by atoms with Gasteiger partial charge in [0.05, 0.1) is 6.26 Å². The van der Waals surface area contributed by atoms with Gasteiger partial charge in [-0.05, 0) is 11.8 Å². The minimum Gasteiger partial charge on any atom is -0.286 e. The molecule has 3 fully saturated rings. The lowest BCUT2D eigenvalue weighted by molar-refractivity contribution is 0.490. The Bertz CT molecular complexity index is 369. The lowest BCUT2D eigenvalue weighted by Crippen LogP contribution is -2.11. The van der Waals surface area contributed by atoms with Crippen LogP contribution in [0.5, 0.6) is 0 Å². The average molecular weight is 285 g/mol. The molecule has 0 radical (unpaired) electrons. The first-order valence-corrected chi connectivity index (χ1v) is 9.61. The van der Waals surface area contributed by atoms with E-state index in [1.54, 1.807) is 0 Å². The van der Waals surface area contributed by atoms with Crippen LogP contribution in [0.4, 0.5) is 0 Å². The van der Waals surface area contributed by atoms with E-state index in [0.717, 1.165) is 0 Å². The third-order valence-electron chi connectivity index (χ3n) is 2.38.